The summed E-state index contributed by atoms with van der Waals surface area (Å²) in [5.74, 6) is -3.30. The Bertz CT molecular complexity index is 1300. The third kappa shape index (κ3) is 5.01. The van der Waals surface area contributed by atoms with Crippen LogP contribution in [-0.2, 0) is 23.9 Å². The molecule has 3 atom stereocenters. The minimum atomic E-state index is -1.10. The molecule has 0 amide bonds. The molecule has 37 heavy (non-hydrogen) atoms. The SMILES string of the molecule is CCOC(=O)C1=C(C)NC2=C(C(=O)[C@H](C(=O)OCC)[C@@H](c3cccc(OC)c3)C2)[C@H]1c1ccccc1Cl. The second-order valence-electron chi connectivity index (χ2n) is 8.91. The van der Waals surface area contributed by atoms with Crippen LogP contribution >= 0.6 is 11.6 Å². The van der Waals surface area contributed by atoms with Crippen LogP contribution in [0, 0.1) is 5.92 Å². The summed E-state index contributed by atoms with van der Waals surface area (Å²) in [5.41, 5.74) is 3.23. The van der Waals surface area contributed by atoms with Crippen molar-refractivity contribution >= 4 is 29.3 Å². The van der Waals surface area contributed by atoms with E-state index in [-0.39, 0.29) is 13.2 Å². The Kier molecular flexibility index (Phi) is 8.03. The summed E-state index contributed by atoms with van der Waals surface area (Å²) < 4.78 is 16.1. The maximum Gasteiger partial charge on any atom is 0.336 e. The molecule has 1 heterocycles. The molecule has 0 spiro atoms. The number of carbonyl (C=O) groups excluding carboxylic acids is 3. The highest BCUT2D eigenvalue weighted by Gasteiger charge is 2.49. The molecule has 2 aromatic carbocycles. The Morgan fingerprint density at radius 2 is 1.78 bits per heavy atom. The quantitative estimate of drug-likeness (QED) is 0.400. The third-order valence-corrected chi connectivity index (χ3v) is 7.14. The summed E-state index contributed by atoms with van der Waals surface area (Å²) in [7, 11) is 1.57. The molecular weight excluding hydrogens is 494 g/mol. The van der Waals surface area contributed by atoms with E-state index >= 15 is 0 Å². The molecule has 7 nitrogen and oxygen atoms in total. The fourth-order valence-corrected chi connectivity index (χ4v) is 5.47. The van der Waals surface area contributed by atoms with Gasteiger partial charge in [0.1, 0.15) is 11.7 Å². The van der Waals surface area contributed by atoms with E-state index in [9.17, 15) is 14.4 Å². The Morgan fingerprint density at radius 1 is 1.05 bits per heavy atom. The average molecular weight is 524 g/mol. The van der Waals surface area contributed by atoms with Crippen LogP contribution in [-0.4, -0.2) is 38.0 Å². The first-order valence-corrected chi connectivity index (χ1v) is 12.7. The van der Waals surface area contributed by atoms with Gasteiger partial charge in [-0.05, 0) is 56.5 Å². The van der Waals surface area contributed by atoms with Crippen LogP contribution < -0.4 is 10.1 Å². The van der Waals surface area contributed by atoms with E-state index in [0.717, 1.165) is 5.56 Å². The fourth-order valence-electron chi connectivity index (χ4n) is 5.22. The van der Waals surface area contributed by atoms with Crippen molar-refractivity contribution in [2.75, 3.05) is 20.3 Å². The zero-order chi connectivity index (χ0) is 26.7. The van der Waals surface area contributed by atoms with Gasteiger partial charge >= 0.3 is 11.9 Å². The number of nitrogens with one attached hydrogen (secondary N) is 1. The summed E-state index contributed by atoms with van der Waals surface area (Å²) in [4.78, 5) is 40.7. The van der Waals surface area contributed by atoms with Gasteiger partial charge in [-0.1, -0.05) is 41.9 Å². The summed E-state index contributed by atoms with van der Waals surface area (Å²) in [6, 6.07) is 14.4. The van der Waals surface area contributed by atoms with Gasteiger partial charge in [-0.15, -0.1) is 0 Å². The number of dihydropyridines is 1. The van der Waals surface area contributed by atoms with Gasteiger partial charge in [-0.3, -0.25) is 9.59 Å². The molecule has 0 saturated heterocycles. The molecule has 8 heteroatoms. The van der Waals surface area contributed by atoms with Crippen LogP contribution in [0.3, 0.4) is 0 Å². The molecule has 1 aliphatic heterocycles. The van der Waals surface area contributed by atoms with Gasteiger partial charge in [0.2, 0.25) is 0 Å². The summed E-state index contributed by atoms with van der Waals surface area (Å²) >= 11 is 6.60. The van der Waals surface area contributed by atoms with Crippen LogP contribution in [0.5, 0.6) is 5.75 Å². The minimum absolute atomic E-state index is 0.138. The molecule has 0 aromatic heterocycles. The molecule has 0 unspecified atom stereocenters. The molecular formula is C29H30ClNO6. The molecule has 2 aromatic rings. The van der Waals surface area contributed by atoms with Gasteiger partial charge in [0.15, 0.2) is 5.78 Å². The Hall–Kier alpha value is -3.58. The maximum atomic E-state index is 14.3. The van der Waals surface area contributed by atoms with E-state index in [4.69, 9.17) is 25.8 Å². The van der Waals surface area contributed by atoms with Crippen LogP contribution in [0.25, 0.3) is 0 Å². The normalized spacial score (nSPS) is 21.2. The van der Waals surface area contributed by atoms with Gasteiger partial charge in [0, 0.05) is 33.8 Å². The predicted octanol–water partition coefficient (Wildman–Crippen LogP) is 5.06. The molecule has 4 rings (SSSR count). The number of ketones is 1. The number of Topliss-reactive ketones (excluding diaryl/α,β-unsaturated/α-hetero) is 1. The van der Waals surface area contributed by atoms with Crippen molar-refractivity contribution in [2.45, 2.75) is 39.0 Å². The van der Waals surface area contributed by atoms with Crippen molar-refractivity contribution in [3.63, 3.8) is 0 Å². The molecule has 0 radical (unpaired) electrons. The second-order valence-corrected chi connectivity index (χ2v) is 9.32. The first-order chi connectivity index (χ1) is 17.8. The highest BCUT2D eigenvalue weighted by molar-refractivity contribution is 6.31. The number of hydrogen-bond acceptors (Lipinski definition) is 7. The lowest BCUT2D eigenvalue weighted by molar-refractivity contribution is -0.152. The monoisotopic (exact) mass is 523 g/mol. The Balaban J connectivity index is 1.91. The lowest BCUT2D eigenvalue weighted by atomic mass is 9.67. The van der Waals surface area contributed by atoms with Crippen LogP contribution in [0.1, 0.15) is 50.2 Å². The largest absolute Gasteiger partial charge is 0.497 e. The molecule has 0 bridgehead atoms. The van der Waals surface area contributed by atoms with Crippen molar-refractivity contribution < 1.29 is 28.6 Å². The number of esters is 2. The van der Waals surface area contributed by atoms with E-state index in [0.29, 0.717) is 45.3 Å². The van der Waals surface area contributed by atoms with Crippen LogP contribution in [0.2, 0.25) is 5.02 Å². The Morgan fingerprint density at radius 3 is 2.46 bits per heavy atom. The number of hydrogen-bond donors (Lipinski definition) is 1. The molecule has 1 aliphatic carbocycles. The van der Waals surface area contributed by atoms with Gasteiger partial charge in [-0.2, -0.15) is 0 Å². The second kappa shape index (κ2) is 11.2. The first-order valence-electron chi connectivity index (χ1n) is 12.3. The van der Waals surface area contributed by atoms with E-state index in [1.54, 1.807) is 52.1 Å². The highest BCUT2D eigenvalue weighted by atomic mass is 35.5. The average Bonchev–Trinajstić information content (AvgIpc) is 2.88. The van der Waals surface area contributed by atoms with E-state index in [2.05, 4.69) is 5.32 Å². The molecule has 2 aliphatic rings. The van der Waals surface area contributed by atoms with Gasteiger partial charge < -0.3 is 19.5 Å². The summed E-state index contributed by atoms with van der Waals surface area (Å²) in [6.07, 6.45) is 0.353. The number of ether oxygens (including phenoxy) is 3. The Labute approximate surface area is 221 Å². The van der Waals surface area contributed by atoms with E-state index < -0.39 is 35.5 Å². The van der Waals surface area contributed by atoms with Crippen LogP contribution in [0.15, 0.2) is 71.1 Å². The number of methoxy groups -OCH3 is 1. The molecule has 1 N–H and O–H groups in total. The minimum Gasteiger partial charge on any atom is -0.497 e. The van der Waals surface area contributed by atoms with Crippen molar-refractivity contribution in [1.82, 2.24) is 5.32 Å². The number of allylic oxidation sites excluding steroid dienone is 3. The number of halogens is 1. The van der Waals surface area contributed by atoms with Gasteiger partial charge in [-0.25, -0.2) is 4.79 Å². The molecule has 0 saturated carbocycles. The zero-order valence-electron chi connectivity index (χ0n) is 21.3. The maximum absolute atomic E-state index is 14.3. The third-order valence-electron chi connectivity index (χ3n) is 6.79. The van der Waals surface area contributed by atoms with Crippen molar-refractivity contribution in [1.29, 1.82) is 0 Å². The summed E-state index contributed by atoms with van der Waals surface area (Å²) in [6.45, 7) is 5.52. The predicted molar refractivity (Wildman–Crippen MR) is 139 cm³/mol. The standard InChI is InChI=1S/C29H30ClNO6/c1-5-36-28(33)23-16(3)31-22-15-20(17-10-9-11-18(14-17)35-4)25(29(34)37-6-2)27(32)26(22)24(23)19-12-7-8-13-21(19)30/h7-14,20,24-25,31H,5-6,15H2,1-4H3/t20-,24+,25-/m1/s1. The molecule has 194 valence electrons. The highest BCUT2D eigenvalue weighted by Crippen LogP contribution is 2.49. The number of rotatable bonds is 7. The van der Waals surface area contributed by atoms with Crippen molar-refractivity contribution in [3.8, 4) is 5.75 Å². The van der Waals surface area contributed by atoms with Crippen molar-refractivity contribution in [3.05, 3.63) is 87.2 Å². The lowest BCUT2D eigenvalue weighted by Gasteiger charge is -2.39. The topological polar surface area (TPSA) is 90.9 Å². The van der Waals surface area contributed by atoms with Crippen molar-refractivity contribution in [2.24, 2.45) is 5.92 Å². The van der Waals surface area contributed by atoms with E-state index in [1.165, 1.54) is 0 Å². The first kappa shape index (κ1) is 26.5. The molecule has 0 fully saturated rings. The zero-order valence-corrected chi connectivity index (χ0v) is 22.1. The van der Waals surface area contributed by atoms with Gasteiger partial charge in [0.25, 0.3) is 0 Å². The van der Waals surface area contributed by atoms with Gasteiger partial charge in [0.05, 0.1) is 25.9 Å². The number of carbonyl (C=O) groups is 3. The summed E-state index contributed by atoms with van der Waals surface area (Å²) in [5, 5.41) is 3.70. The smallest absolute Gasteiger partial charge is 0.336 e. The fraction of sp³-hybridized carbons (Fsp3) is 0.345. The lowest BCUT2D eigenvalue weighted by Crippen LogP contribution is -2.43. The number of benzene rings is 2. The van der Waals surface area contributed by atoms with Crippen LogP contribution in [0.4, 0.5) is 0 Å². The van der Waals surface area contributed by atoms with E-state index in [1.807, 2.05) is 24.3 Å².